The van der Waals surface area contributed by atoms with E-state index >= 15 is 0 Å². The Balaban J connectivity index is 2.13. The average Bonchev–Trinajstić information content (AvgIpc) is 2.49. The molecule has 1 aromatic carbocycles. The quantitative estimate of drug-likeness (QED) is 0.786. The zero-order valence-electron chi connectivity index (χ0n) is 11.5. The number of hydrogen-bond acceptors (Lipinski definition) is 4. The maximum atomic E-state index is 12.1. The second-order valence-corrected chi connectivity index (χ2v) is 5.99. The Labute approximate surface area is 139 Å². The SMILES string of the molecule is COCCn1ncc(NCc2ccccc2Br)c(Br)c1=O. The number of aromatic nitrogens is 2. The van der Waals surface area contributed by atoms with Crippen molar-refractivity contribution in [1.82, 2.24) is 9.78 Å². The van der Waals surface area contributed by atoms with Crippen LogP contribution >= 0.6 is 31.9 Å². The van der Waals surface area contributed by atoms with Crippen molar-refractivity contribution in [3.63, 3.8) is 0 Å². The van der Waals surface area contributed by atoms with Crippen LogP contribution in [0.5, 0.6) is 0 Å². The Bertz CT molecular complexity index is 674. The van der Waals surface area contributed by atoms with Crippen molar-refractivity contribution in [2.45, 2.75) is 13.1 Å². The molecule has 1 heterocycles. The number of ether oxygens (including phenoxy) is 1. The Hall–Kier alpha value is -1.18. The van der Waals surface area contributed by atoms with Gasteiger partial charge in [-0.25, -0.2) is 4.68 Å². The largest absolute Gasteiger partial charge is 0.383 e. The van der Waals surface area contributed by atoms with E-state index in [0.717, 1.165) is 10.0 Å². The van der Waals surface area contributed by atoms with Crippen LogP contribution in [0.1, 0.15) is 5.56 Å². The molecule has 0 aliphatic carbocycles. The van der Waals surface area contributed by atoms with E-state index in [1.165, 1.54) is 4.68 Å². The molecule has 0 aliphatic rings. The van der Waals surface area contributed by atoms with Gasteiger partial charge in [0.2, 0.25) is 0 Å². The molecule has 0 unspecified atom stereocenters. The van der Waals surface area contributed by atoms with Crippen molar-refractivity contribution in [2.75, 3.05) is 19.0 Å². The van der Waals surface area contributed by atoms with Crippen LogP contribution in [0.15, 0.2) is 44.2 Å². The van der Waals surface area contributed by atoms with Crippen molar-refractivity contribution < 1.29 is 4.74 Å². The fraction of sp³-hybridized carbons (Fsp3) is 0.286. The molecular weight excluding hydrogens is 402 g/mol. The molecule has 2 aromatic rings. The first-order chi connectivity index (χ1) is 10.1. The predicted octanol–water partition coefficient (Wildman–Crippen LogP) is 3.03. The molecule has 0 radical (unpaired) electrons. The molecule has 0 fully saturated rings. The normalized spacial score (nSPS) is 10.6. The van der Waals surface area contributed by atoms with E-state index in [2.05, 4.69) is 42.3 Å². The molecule has 5 nitrogen and oxygen atoms in total. The van der Waals surface area contributed by atoms with Gasteiger partial charge in [0.05, 0.1) is 25.0 Å². The molecule has 1 N–H and O–H groups in total. The highest BCUT2D eigenvalue weighted by Crippen LogP contribution is 2.20. The lowest BCUT2D eigenvalue weighted by Crippen LogP contribution is -2.26. The van der Waals surface area contributed by atoms with Gasteiger partial charge < -0.3 is 10.1 Å². The molecule has 0 atom stereocenters. The van der Waals surface area contributed by atoms with Crippen molar-refractivity contribution in [3.05, 3.63) is 55.3 Å². The lowest BCUT2D eigenvalue weighted by atomic mass is 10.2. The lowest BCUT2D eigenvalue weighted by Gasteiger charge is -2.11. The molecule has 0 saturated carbocycles. The molecule has 1 aromatic heterocycles. The van der Waals surface area contributed by atoms with Gasteiger partial charge in [-0.2, -0.15) is 5.10 Å². The summed E-state index contributed by atoms with van der Waals surface area (Å²) in [5.74, 6) is 0. The number of halogens is 2. The number of nitrogens with one attached hydrogen (secondary N) is 1. The number of methoxy groups -OCH3 is 1. The molecule has 21 heavy (non-hydrogen) atoms. The van der Waals surface area contributed by atoms with Crippen LogP contribution in [-0.2, 0) is 17.8 Å². The van der Waals surface area contributed by atoms with Gasteiger partial charge >= 0.3 is 0 Å². The average molecular weight is 417 g/mol. The standard InChI is InChI=1S/C14H15Br2N3O2/c1-21-7-6-19-14(20)13(16)12(9-18-19)17-8-10-4-2-3-5-11(10)15/h2-5,9,17H,6-8H2,1H3. The maximum Gasteiger partial charge on any atom is 0.283 e. The Morgan fingerprint density at radius 2 is 2.10 bits per heavy atom. The molecule has 2 rings (SSSR count). The predicted molar refractivity (Wildman–Crippen MR) is 89.5 cm³/mol. The fourth-order valence-corrected chi connectivity index (χ4v) is 2.63. The van der Waals surface area contributed by atoms with Gasteiger partial charge in [0.25, 0.3) is 5.56 Å². The highest BCUT2D eigenvalue weighted by atomic mass is 79.9. The second-order valence-electron chi connectivity index (χ2n) is 4.34. The van der Waals surface area contributed by atoms with Crippen LogP contribution in [0.25, 0.3) is 0 Å². The summed E-state index contributed by atoms with van der Waals surface area (Å²) in [5.41, 5.74) is 1.60. The Morgan fingerprint density at radius 3 is 2.81 bits per heavy atom. The summed E-state index contributed by atoms with van der Waals surface area (Å²) in [6, 6.07) is 7.92. The molecule has 0 aliphatic heterocycles. The molecular formula is C14H15Br2N3O2. The van der Waals surface area contributed by atoms with Crippen LogP contribution in [0.2, 0.25) is 0 Å². The summed E-state index contributed by atoms with van der Waals surface area (Å²) in [4.78, 5) is 12.1. The number of anilines is 1. The highest BCUT2D eigenvalue weighted by molar-refractivity contribution is 9.10. The topological polar surface area (TPSA) is 56.1 Å². The summed E-state index contributed by atoms with van der Waals surface area (Å²) < 4.78 is 7.82. The summed E-state index contributed by atoms with van der Waals surface area (Å²) in [6.07, 6.45) is 1.64. The van der Waals surface area contributed by atoms with Gasteiger partial charge in [-0.1, -0.05) is 34.1 Å². The number of rotatable bonds is 6. The minimum Gasteiger partial charge on any atom is -0.383 e. The van der Waals surface area contributed by atoms with E-state index in [1.54, 1.807) is 13.3 Å². The summed E-state index contributed by atoms with van der Waals surface area (Å²) in [5, 5.41) is 7.34. The van der Waals surface area contributed by atoms with E-state index in [9.17, 15) is 4.79 Å². The molecule has 0 saturated heterocycles. The third kappa shape index (κ3) is 4.15. The third-order valence-corrected chi connectivity index (χ3v) is 4.46. The van der Waals surface area contributed by atoms with Gasteiger partial charge in [-0.05, 0) is 27.6 Å². The Morgan fingerprint density at radius 1 is 1.33 bits per heavy atom. The van der Waals surface area contributed by atoms with E-state index in [-0.39, 0.29) is 5.56 Å². The minimum absolute atomic E-state index is 0.177. The maximum absolute atomic E-state index is 12.1. The summed E-state index contributed by atoms with van der Waals surface area (Å²) in [7, 11) is 1.59. The molecule has 112 valence electrons. The van der Waals surface area contributed by atoms with E-state index in [1.807, 2.05) is 24.3 Å². The van der Waals surface area contributed by atoms with E-state index < -0.39 is 0 Å². The van der Waals surface area contributed by atoms with Gasteiger partial charge in [0.15, 0.2) is 0 Å². The first-order valence-corrected chi connectivity index (χ1v) is 7.94. The van der Waals surface area contributed by atoms with Gasteiger partial charge in [-0.3, -0.25) is 4.79 Å². The number of benzene rings is 1. The zero-order valence-corrected chi connectivity index (χ0v) is 14.6. The summed E-state index contributed by atoms with van der Waals surface area (Å²) >= 11 is 6.82. The molecule has 7 heteroatoms. The third-order valence-electron chi connectivity index (χ3n) is 2.92. The zero-order chi connectivity index (χ0) is 15.2. The van der Waals surface area contributed by atoms with Gasteiger partial charge in [0.1, 0.15) is 4.47 Å². The first-order valence-electron chi connectivity index (χ1n) is 6.35. The van der Waals surface area contributed by atoms with Crippen LogP contribution in [0.4, 0.5) is 5.69 Å². The molecule has 0 spiro atoms. The smallest absolute Gasteiger partial charge is 0.283 e. The molecule has 0 bridgehead atoms. The fourth-order valence-electron chi connectivity index (χ4n) is 1.76. The van der Waals surface area contributed by atoms with Gasteiger partial charge in [-0.15, -0.1) is 0 Å². The van der Waals surface area contributed by atoms with Crippen LogP contribution < -0.4 is 10.9 Å². The molecule has 0 amide bonds. The second kappa shape index (κ2) is 7.72. The Kier molecular flexibility index (Phi) is 5.96. The van der Waals surface area contributed by atoms with Crippen LogP contribution in [0.3, 0.4) is 0 Å². The monoisotopic (exact) mass is 415 g/mol. The van der Waals surface area contributed by atoms with Crippen molar-refractivity contribution in [3.8, 4) is 0 Å². The van der Waals surface area contributed by atoms with E-state index in [4.69, 9.17) is 4.74 Å². The summed E-state index contributed by atoms with van der Waals surface area (Å²) in [6.45, 7) is 1.48. The van der Waals surface area contributed by atoms with Crippen molar-refractivity contribution in [2.24, 2.45) is 0 Å². The number of nitrogens with zero attached hydrogens (tertiary/aromatic N) is 2. The van der Waals surface area contributed by atoms with Crippen molar-refractivity contribution in [1.29, 1.82) is 0 Å². The first kappa shape index (κ1) is 16.2. The van der Waals surface area contributed by atoms with E-state index in [0.29, 0.717) is 29.9 Å². The van der Waals surface area contributed by atoms with Crippen LogP contribution in [-0.4, -0.2) is 23.5 Å². The lowest BCUT2D eigenvalue weighted by molar-refractivity contribution is 0.181. The highest BCUT2D eigenvalue weighted by Gasteiger charge is 2.09. The van der Waals surface area contributed by atoms with Crippen molar-refractivity contribution >= 4 is 37.5 Å². The number of hydrogen-bond donors (Lipinski definition) is 1. The van der Waals surface area contributed by atoms with Gasteiger partial charge in [0, 0.05) is 18.1 Å². The van der Waals surface area contributed by atoms with Crippen LogP contribution in [0, 0.1) is 0 Å². The minimum atomic E-state index is -0.177.